The number of hydrogen-bond acceptors (Lipinski definition) is 2. The van der Waals surface area contributed by atoms with Gasteiger partial charge in [-0.05, 0) is 46.4 Å². The van der Waals surface area contributed by atoms with Crippen molar-refractivity contribution in [3.63, 3.8) is 0 Å². The lowest BCUT2D eigenvalue weighted by molar-refractivity contribution is 0.0960. The Morgan fingerprint density at radius 1 is 1.10 bits per heavy atom. The van der Waals surface area contributed by atoms with Gasteiger partial charge in [0.2, 0.25) is 0 Å². The number of carbonyl (C=O) groups excluding carboxylic acids is 1. The average molecular weight is 344 g/mol. The number of hydrogen-bond donors (Lipinski definition) is 0. The fourth-order valence-corrected chi connectivity index (χ4v) is 2.74. The second-order valence-electron chi connectivity index (χ2n) is 4.65. The molecule has 0 bridgehead atoms. The number of benzene rings is 2. The monoisotopic (exact) mass is 343 g/mol. The molecule has 0 radical (unpaired) electrons. The quantitative estimate of drug-likeness (QED) is 0.680. The maximum Gasteiger partial charge on any atom is 0.294 e. The molecule has 0 aliphatic heterocycles. The van der Waals surface area contributed by atoms with Gasteiger partial charge in [-0.15, -0.1) is 0 Å². The van der Waals surface area contributed by atoms with E-state index < -0.39 is 0 Å². The maximum atomic E-state index is 12.6. The first-order valence-corrected chi connectivity index (χ1v) is 7.55. The number of nitrogens with zero attached hydrogens (tertiary/aromatic N) is 1. The third kappa shape index (κ3) is 2.59. The van der Waals surface area contributed by atoms with Crippen LogP contribution in [0.15, 0.2) is 63.7 Å². The number of furan rings is 1. The minimum absolute atomic E-state index is 0.139. The molecule has 1 amide bonds. The molecule has 0 saturated carbocycles. The van der Waals surface area contributed by atoms with Gasteiger partial charge in [0.15, 0.2) is 10.4 Å². The third-order valence-electron chi connectivity index (χ3n) is 3.40. The van der Waals surface area contributed by atoms with E-state index in [1.54, 1.807) is 17.0 Å². The van der Waals surface area contributed by atoms with E-state index in [-0.39, 0.29) is 5.91 Å². The normalized spacial score (nSPS) is 10.8. The lowest BCUT2D eigenvalue weighted by atomic mass is 10.1. The maximum absolute atomic E-state index is 12.6. The minimum Gasteiger partial charge on any atom is -0.444 e. The van der Waals surface area contributed by atoms with Gasteiger partial charge in [-0.2, -0.15) is 0 Å². The first-order valence-electron chi connectivity index (χ1n) is 6.75. The number of fused-ring (bicyclic) bond motifs is 1. The van der Waals surface area contributed by atoms with Crippen LogP contribution in [0, 0.1) is 0 Å². The van der Waals surface area contributed by atoms with Crippen LogP contribution in [-0.2, 0) is 0 Å². The standard InChI is InChI=1S/C17H14BrNO2/c1-2-19(17(20)15-10-11-16(18)21-15)14-9-5-7-12-6-3-4-8-13(12)14/h3-11H,2H2,1H3. The summed E-state index contributed by atoms with van der Waals surface area (Å²) < 4.78 is 5.94. The lowest BCUT2D eigenvalue weighted by Crippen LogP contribution is -2.30. The van der Waals surface area contributed by atoms with Crippen LogP contribution in [-0.4, -0.2) is 12.5 Å². The Labute approximate surface area is 131 Å². The summed E-state index contributed by atoms with van der Waals surface area (Å²) in [5.74, 6) is 0.191. The number of rotatable bonds is 3. The zero-order valence-corrected chi connectivity index (χ0v) is 13.1. The molecule has 0 unspecified atom stereocenters. The first kappa shape index (κ1) is 13.9. The van der Waals surface area contributed by atoms with Crippen LogP contribution < -0.4 is 4.90 Å². The Morgan fingerprint density at radius 2 is 1.86 bits per heavy atom. The van der Waals surface area contributed by atoms with Crippen molar-refractivity contribution in [1.82, 2.24) is 0 Å². The van der Waals surface area contributed by atoms with E-state index in [1.165, 1.54) is 0 Å². The third-order valence-corrected chi connectivity index (χ3v) is 3.83. The fraction of sp³-hybridized carbons (Fsp3) is 0.118. The second kappa shape index (κ2) is 5.74. The molecule has 0 atom stereocenters. The molecule has 0 fully saturated rings. The Balaban J connectivity index is 2.08. The topological polar surface area (TPSA) is 33.5 Å². The highest BCUT2D eigenvalue weighted by molar-refractivity contribution is 9.10. The van der Waals surface area contributed by atoms with Gasteiger partial charge in [0.25, 0.3) is 5.91 Å². The van der Waals surface area contributed by atoms with E-state index in [2.05, 4.69) is 15.9 Å². The molecule has 1 aromatic heterocycles. The fourth-order valence-electron chi connectivity index (χ4n) is 2.43. The molecule has 0 aliphatic rings. The molecule has 2 aromatic carbocycles. The molecule has 0 N–H and O–H groups in total. The summed E-state index contributed by atoms with van der Waals surface area (Å²) in [5.41, 5.74) is 0.896. The van der Waals surface area contributed by atoms with Crippen LogP contribution in [0.3, 0.4) is 0 Å². The van der Waals surface area contributed by atoms with Crippen LogP contribution in [0.4, 0.5) is 5.69 Å². The van der Waals surface area contributed by atoms with E-state index in [0.717, 1.165) is 16.5 Å². The zero-order valence-electron chi connectivity index (χ0n) is 11.5. The van der Waals surface area contributed by atoms with Gasteiger partial charge in [0.05, 0.1) is 5.69 Å². The van der Waals surface area contributed by atoms with Gasteiger partial charge >= 0.3 is 0 Å². The Kier molecular flexibility index (Phi) is 3.80. The number of anilines is 1. The Morgan fingerprint density at radius 3 is 2.57 bits per heavy atom. The van der Waals surface area contributed by atoms with E-state index in [9.17, 15) is 4.79 Å². The summed E-state index contributed by atoms with van der Waals surface area (Å²) in [6.07, 6.45) is 0. The molecule has 0 saturated heterocycles. The van der Waals surface area contributed by atoms with Crippen molar-refractivity contribution in [2.24, 2.45) is 0 Å². The van der Waals surface area contributed by atoms with E-state index in [1.807, 2.05) is 49.4 Å². The summed E-state index contributed by atoms with van der Waals surface area (Å²) in [5, 5.41) is 2.17. The summed E-state index contributed by atoms with van der Waals surface area (Å²) in [6, 6.07) is 17.4. The summed E-state index contributed by atoms with van der Waals surface area (Å²) in [6.45, 7) is 2.53. The predicted octanol–water partition coefficient (Wildman–Crippen LogP) is 4.86. The molecular weight excluding hydrogens is 330 g/mol. The molecule has 3 rings (SSSR count). The Hall–Kier alpha value is -2.07. The number of halogens is 1. The van der Waals surface area contributed by atoms with Gasteiger partial charge in [-0.25, -0.2) is 0 Å². The van der Waals surface area contributed by atoms with Crippen LogP contribution in [0.1, 0.15) is 17.5 Å². The molecule has 106 valence electrons. The predicted molar refractivity (Wildman–Crippen MR) is 87.7 cm³/mol. The zero-order chi connectivity index (χ0) is 14.8. The van der Waals surface area contributed by atoms with Crippen molar-refractivity contribution in [3.8, 4) is 0 Å². The van der Waals surface area contributed by atoms with Gasteiger partial charge < -0.3 is 9.32 Å². The van der Waals surface area contributed by atoms with Gasteiger partial charge in [0, 0.05) is 11.9 Å². The van der Waals surface area contributed by atoms with Crippen LogP contribution in [0.5, 0.6) is 0 Å². The SMILES string of the molecule is CCN(C(=O)c1ccc(Br)o1)c1cccc2ccccc12. The molecular formula is C17H14BrNO2. The molecule has 21 heavy (non-hydrogen) atoms. The number of amides is 1. The van der Waals surface area contributed by atoms with Crippen LogP contribution in [0.2, 0.25) is 0 Å². The summed E-state index contributed by atoms with van der Waals surface area (Å²) in [4.78, 5) is 14.4. The average Bonchev–Trinajstić information content (AvgIpc) is 2.95. The molecule has 3 aromatic rings. The highest BCUT2D eigenvalue weighted by Crippen LogP contribution is 2.28. The van der Waals surface area contributed by atoms with Crippen molar-refractivity contribution in [2.45, 2.75) is 6.92 Å². The van der Waals surface area contributed by atoms with E-state index >= 15 is 0 Å². The van der Waals surface area contributed by atoms with Gasteiger partial charge in [-0.3, -0.25) is 4.79 Å². The highest BCUT2D eigenvalue weighted by atomic mass is 79.9. The van der Waals surface area contributed by atoms with Crippen molar-refractivity contribution in [1.29, 1.82) is 0 Å². The number of carbonyl (C=O) groups is 1. The Bertz CT molecular complexity index is 789. The second-order valence-corrected chi connectivity index (χ2v) is 5.43. The lowest BCUT2D eigenvalue weighted by Gasteiger charge is -2.21. The van der Waals surface area contributed by atoms with Crippen molar-refractivity contribution < 1.29 is 9.21 Å². The van der Waals surface area contributed by atoms with Crippen molar-refractivity contribution in [3.05, 3.63) is 65.0 Å². The smallest absolute Gasteiger partial charge is 0.294 e. The first-order chi connectivity index (χ1) is 10.2. The molecule has 0 spiro atoms. The molecule has 3 nitrogen and oxygen atoms in total. The largest absolute Gasteiger partial charge is 0.444 e. The van der Waals surface area contributed by atoms with Crippen molar-refractivity contribution in [2.75, 3.05) is 11.4 Å². The van der Waals surface area contributed by atoms with Crippen LogP contribution in [0.25, 0.3) is 10.8 Å². The molecule has 4 heteroatoms. The van der Waals surface area contributed by atoms with Gasteiger partial charge in [-0.1, -0.05) is 36.4 Å². The van der Waals surface area contributed by atoms with E-state index in [4.69, 9.17) is 4.42 Å². The van der Waals surface area contributed by atoms with Crippen molar-refractivity contribution >= 4 is 38.3 Å². The highest BCUT2D eigenvalue weighted by Gasteiger charge is 2.20. The van der Waals surface area contributed by atoms with Crippen LogP contribution >= 0.6 is 15.9 Å². The van der Waals surface area contributed by atoms with E-state index in [0.29, 0.717) is 17.0 Å². The van der Waals surface area contributed by atoms with Gasteiger partial charge in [0.1, 0.15) is 0 Å². The summed E-state index contributed by atoms with van der Waals surface area (Å²) >= 11 is 3.23. The summed E-state index contributed by atoms with van der Waals surface area (Å²) in [7, 11) is 0. The molecule has 0 aliphatic carbocycles. The minimum atomic E-state index is -0.139. The molecule has 1 heterocycles.